The van der Waals surface area contributed by atoms with Crippen molar-refractivity contribution in [1.82, 2.24) is 4.72 Å². The molecule has 0 saturated heterocycles. The van der Waals surface area contributed by atoms with Gasteiger partial charge in [0.25, 0.3) is 0 Å². The van der Waals surface area contributed by atoms with Crippen LogP contribution in [0.5, 0.6) is 0 Å². The van der Waals surface area contributed by atoms with Crippen molar-refractivity contribution in [2.75, 3.05) is 25.6 Å². The van der Waals surface area contributed by atoms with E-state index in [9.17, 15) is 8.42 Å². The number of rotatable bonds is 9. The number of hydrogen-bond acceptors (Lipinski definition) is 4. The minimum absolute atomic E-state index is 0.0533. The minimum Gasteiger partial charge on any atom is -0.383 e. The SMILES string of the molecule is CCCNS(=O)(=O)c1ccccc1NC(COC)C(C)C. The van der Waals surface area contributed by atoms with Gasteiger partial charge in [-0.3, -0.25) is 0 Å². The molecule has 0 bridgehead atoms. The van der Waals surface area contributed by atoms with Crippen molar-refractivity contribution in [2.45, 2.75) is 38.1 Å². The number of para-hydroxylation sites is 1. The molecule has 6 heteroatoms. The Morgan fingerprint density at radius 1 is 1.24 bits per heavy atom. The Morgan fingerprint density at radius 3 is 2.48 bits per heavy atom. The van der Waals surface area contributed by atoms with Crippen molar-refractivity contribution in [3.8, 4) is 0 Å². The highest BCUT2D eigenvalue weighted by Gasteiger charge is 2.20. The Kier molecular flexibility index (Phi) is 7.14. The van der Waals surface area contributed by atoms with Crippen LogP contribution < -0.4 is 10.0 Å². The van der Waals surface area contributed by atoms with E-state index in [1.54, 1.807) is 25.3 Å². The zero-order valence-electron chi connectivity index (χ0n) is 13.2. The van der Waals surface area contributed by atoms with E-state index in [1.165, 1.54) is 0 Å². The van der Waals surface area contributed by atoms with Gasteiger partial charge in [-0.2, -0.15) is 0 Å². The first-order valence-electron chi connectivity index (χ1n) is 7.26. The fraction of sp³-hybridized carbons (Fsp3) is 0.600. The number of anilines is 1. The summed E-state index contributed by atoms with van der Waals surface area (Å²) in [5.41, 5.74) is 0.608. The van der Waals surface area contributed by atoms with E-state index >= 15 is 0 Å². The van der Waals surface area contributed by atoms with Gasteiger partial charge in [0.2, 0.25) is 10.0 Å². The Morgan fingerprint density at radius 2 is 1.90 bits per heavy atom. The second kappa shape index (κ2) is 8.36. The Balaban J connectivity index is 3.03. The molecule has 0 radical (unpaired) electrons. The number of ether oxygens (including phenoxy) is 1. The lowest BCUT2D eigenvalue weighted by molar-refractivity contribution is 0.171. The topological polar surface area (TPSA) is 67.4 Å². The molecular formula is C15H26N2O3S. The van der Waals surface area contributed by atoms with Crippen LogP contribution in [0.3, 0.4) is 0 Å². The average Bonchev–Trinajstić information content (AvgIpc) is 2.45. The van der Waals surface area contributed by atoms with Crippen LogP contribution in [0.4, 0.5) is 5.69 Å². The van der Waals surface area contributed by atoms with E-state index < -0.39 is 10.0 Å². The first kappa shape index (κ1) is 17.9. The van der Waals surface area contributed by atoms with Gasteiger partial charge in [-0.15, -0.1) is 0 Å². The largest absolute Gasteiger partial charge is 0.383 e. The third-order valence-corrected chi connectivity index (χ3v) is 4.73. The van der Waals surface area contributed by atoms with E-state index in [4.69, 9.17) is 4.74 Å². The molecule has 21 heavy (non-hydrogen) atoms. The van der Waals surface area contributed by atoms with E-state index in [1.807, 2.05) is 13.0 Å². The van der Waals surface area contributed by atoms with Crippen molar-refractivity contribution in [1.29, 1.82) is 0 Å². The molecule has 0 amide bonds. The van der Waals surface area contributed by atoms with Gasteiger partial charge in [0.15, 0.2) is 0 Å². The summed E-state index contributed by atoms with van der Waals surface area (Å²) in [5.74, 6) is 0.323. The summed E-state index contributed by atoms with van der Waals surface area (Å²) < 4.78 is 32.5. The molecule has 0 heterocycles. The normalized spacial score (nSPS) is 13.4. The van der Waals surface area contributed by atoms with E-state index in [0.717, 1.165) is 6.42 Å². The van der Waals surface area contributed by atoms with Gasteiger partial charge in [-0.1, -0.05) is 32.9 Å². The molecular weight excluding hydrogens is 288 g/mol. The highest BCUT2D eigenvalue weighted by molar-refractivity contribution is 7.89. The molecule has 1 atom stereocenters. The summed E-state index contributed by atoms with van der Waals surface area (Å²) in [6, 6.07) is 7.01. The predicted octanol–water partition coefficient (Wildman–Crippen LogP) is 2.46. The fourth-order valence-electron chi connectivity index (χ4n) is 1.91. The van der Waals surface area contributed by atoms with Crippen molar-refractivity contribution < 1.29 is 13.2 Å². The van der Waals surface area contributed by atoms with Crippen LogP contribution in [0, 0.1) is 5.92 Å². The standard InChI is InChI=1S/C15H26N2O3S/c1-5-10-16-21(18,19)15-9-7-6-8-13(15)17-14(11-20-4)12(2)3/h6-9,12,14,16-17H,5,10-11H2,1-4H3. The monoisotopic (exact) mass is 314 g/mol. The maximum absolute atomic E-state index is 12.3. The third-order valence-electron chi connectivity index (χ3n) is 3.21. The maximum Gasteiger partial charge on any atom is 0.242 e. The van der Waals surface area contributed by atoms with Gasteiger partial charge >= 0.3 is 0 Å². The zero-order chi connectivity index (χ0) is 15.9. The van der Waals surface area contributed by atoms with Crippen LogP contribution in [0.25, 0.3) is 0 Å². The van der Waals surface area contributed by atoms with Crippen molar-refractivity contribution in [2.24, 2.45) is 5.92 Å². The number of sulfonamides is 1. The second-order valence-corrected chi connectivity index (χ2v) is 7.08. The number of methoxy groups -OCH3 is 1. The lowest BCUT2D eigenvalue weighted by atomic mass is 10.1. The van der Waals surface area contributed by atoms with Crippen LogP contribution in [0.15, 0.2) is 29.2 Å². The summed E-state index contributed by atoms with van der Waals surface area (Å²) in [4.78, 5) is 0.278. The maximum atomic E-state index is 12.3. The van der Waals surface area contributed by atoms with Gasteiger partial charge < -0.3 is 10.1 Å². The lowest BCUT2D eigenvalue weighted by Gasteiger charge is -2.24. The van der Waals surface area contributed by atoms with Gasteiger partial charge in [0.1, 0.15) is 4.90 Å². The Labute approximate surface area is 128 Å². The Bertz CT molecular complexity index is 529. The molecule has 0 aliphatic carbocycles. The third kappa shape index (κ3) is 5.30. The molecule has 0 spiro atoms. The van der Waals surface area contributed by atoms with Crippen LogP contribution in [-0.2, 0) is 14.8 Å². The van der Waals surface area contributed by atoms with Crippen molar-refractivity contribution >= 4 is 15.7 Å². The quantitative estimate of drug-likeness (QED) is 0.735. The van der Waals surface area contributed by atoms with E-state index in [0.29, 0.717) is 24.8 Å². The molecule has 2 N–H and O–H groups in total. The molecule has 5 nitrogen and oxygen atoms in total. The summed E-state index contributed by atoms with van der Waals surface area (Å²) in [6.07, 6.45) is 0.757. The van der Waals surface area contributed by atoms with Crippen LogP contribution >= 0.6 is 0 Å². The Hall–Kier alpha value is -1.11. The number of benzene rings is 1. The van der Waals surface area contributed by atoms with Gasteiger partial charge in [0.05, 0.1) is 18.3 Å². The molecule has 1 aromatic rings. The number of hydrogen-bond donors (Lipinski definition) is 2. The molecule has 0 aromatic heterocycles. The van der Waals surface area contributed by atoms with Crippen LogP contribution in [0.2, 0.25) is 0 Å². The van der Waals surface area contributed by atoms with Crippen LogP contribution in [-0.4, -0.2) is 34.7 Å². The smallest absolute Gasteiger partial charge is 0.242 e. The molecule has 0 aliphatic heterocycles. The van der Waals surface area contributed by atoms with E-state index in [-0.39, 0.29) is 10.9 Å². The first-order chi connectivity index (χ1) is 9.92. The van der Waals surface area contributed by atoms with Gasteiger partial charge in [-0.25, -0.2) is 13.1 Å². The fourth-order valence-corrected chi connectivity index (χ4v) is 3.22. The zero-order valence-corrected chi connectivity index (χ0v) is 14.0. The molecule has 120 valence electrons. The van der Waals surface area contributed by atoms with Crippen molar-refractivity contribution in [3.63, 3.8) is 0 Å². The van der Waals surface area contributed by atoms with Gasteiger partial charge in [-0.05, 0) is 24.5 Å². The van der Waals surface area contributed by atoms with Crippen molar-refractivity contribution in [3.05, 3.63) is 24.3 Å². The molecule has 0 aliphatic rings. The summed E-state index contributed by atoms with van der Waals surface area (Å²) in [5, 5.41) is 3.29. The highest BCUT2D eigenvalue weighted by Crippen LogP contribution is 2.23. The molecule has 1 aromatic carbocycles. The molecule has 1 unspecified atom stereocenters. The number of nitrogens with one attached hydrogen (secondary N) is 2. The summed E-state index contributed by atoms with van der Waals surface area (Å²) in [7, 11) is -1.85. The molecule has 1 rings (SSSR count). The molecule has 0 fully saturated rings. The van der Waals surface area contributed by atoms with E-state index in [2.05, 4.69) is 23.9 Å². The second-order valence-electron chi connectivity index (χ2n) is 5.34. The summed E-state index contributed by atoms with van der Waals surface area (Å²) >= 11 is 0. The average molecular weight is 314 g/mol. The lowest BCUT2D eigenvalue weighted by Crippen LogP contribution is -2.32. The summed E-state index contributed by atoms with van der Waals surface area (Å²) in [6.45, 7) is 7.03. The highest BCUT2D eigenvalue weighted by atomic mass is 32.2. The minimum atomic E-state index is -3.49. The van der Waals surface area contributed by atoms with Crippen LogP contribution in [0.1, 0.15) is 27.2 Å². The first-order valence-corrected chi connectivity index (χ1v) is 8.74. The van der Waals surface area contributed by atoms with Gasteiger partial charge in [0, 0.05) is 13.7 Å². The predicted molar refractivity (Wildman–Crippen MR) is 86.0 cm³/mol. The molecule has 0 saturated carbocycles.